The molecule has 0 amide bonds. The lowest BCUT2D eigenvalue weighted by atomic mass is 10.0. The van der Waals surface area contributed by atoms with Gasteiger partial charge in [0.1, 0.15) is 6.10 Å². The number of hydrogen-bond acceptors (Lipinski definition) is 5. The van der Waals surface area contributed by atoms with Crippen molar-refractivity contribution in [1.82, 2.24) is 4.90 Å². The van der Waals surface area contributed by atoms with Crippen molar-refractivity contribution in [3.63, 3.8) is 0 Å². The molecule has 2 atom stereocenters. The van der Waals surface area contributed by atoms with Crippen molar-refractivity contribution >= 4 is 0 Å². The fraction of sp³-hybridized carbons (Fsp3) is 1.00. The summed E-state index contributed by atoms with van der Waals surface area (Å²) >= 11 is 0. The number of nitrogens with zero attached hydrogens (tertiary/aromatic N) is 1. The quantitative estimate of drug-likeness (QED) is 0.0394. The Morgan fingerprint density at radius 3 is 1.04 bits per heavy atom. The zero-order valence-corrected chi connectivity index (χ0v) is 33.4. The number of hydrogen-bond donors (Lipinski definition) is 1. The lowest BCUT2D eigenvalue weighted by molar-refractivity contribution is -0.286. The van der Waals surface area contributed by atoms with Gasteiger partial charge in [0, 0.05) is 26.2 Å². The molecule has 0 saturated heterocycles. The topological polar surface area (TPSA) is 51.2 Å². The van der Waals surface area contributed by atoms with E-state index in [9.17, 15) is 5.26 Å². The van der Waals surface area contributed by atoms with Gasteiger partial charge in [0.15, 0.2) is 0 Å². The molecule has 0 saturated carbocycles. The van der Waals surface area contributed by atoms with E-state index in [4.69, 9.17) is 14.4 Å². The van der Waals surface area contributed by atoms with E-state index in [1.54, 1.807) is 0 Å². The highest BCUT2D eigenvalue weighted by molar-refractivity contribution is 4.68. The summed E-state index contributed by atoms with van der Waals surface area (Å²) in [5.41, 5.74) is 0. The van der Waals surface area contributed by atoms with Gasteiger partial charge < -0.3 is 14.4 Å². The van der Waals surface area contributed by atoms with Gasteiger partial charge in [-0.25, -0.2) is 4.89 Å². The Kier molecular flexibility index (Phi) is 41.1. The van der Waals surface area contributed by atoms with E-state index in [0.29, 0.717) is 19.6 Å². The molecular formula is C43H89NO4. The van der Waals surface area contributed by atoms with E-state index in [1.165, 1.54) is 193 Å². The Bertz CT molecular complexity index is 575. The van der Waals surface area contributed by atoms with Gasteiger partial charge in [-0.15, -0.1) is 0 Å². The Balaban J connectivity index is 3.79. The zero-order chi connectivity index (χ0) is 35.0. The molecule has 0 heterocycles. The average molecular weight is 684 g/mol. The van der Waals surface area contributed by atoms with Gasteiger partial charge in [0.2, 0.25) is 0 Å². The fourth-order valence-corrected chi connectivity index (χ4v) is 6.90. The Hall–Kier alpha value is -0.200. The summed E-state index contributed by atoms with van der Waals surface area (Å²) in [5, 5.41) is 9.45. The Morgan fingerprint density at radius 2 is 0.729 bits per heavy atom. The highest BCUT2D eigenvalue weighted by atomic mass is 17.1. The summed E-state index contributed by atoms with van der Waals surface area (Å²) in [7, 11) is 4.01. The summed E-state index contributed by atoms with van der Waals surface area (Å²) in [4.78, 5) is 6.84. The lowest BCUT2D eigenvalue weighted by Crippen LogP contribution is -2.34. The summed E-state index contributed by atoms with van der Waals surface area (Å²) in [6, 6.07) is 0. The minimum atomic E-state index is -0.255. The van der Waals surface area contributed by atoms with Crippen LogP contribution in [0.5, 0.6) is 0 Å². The average Bonchev–Trinajstić information content (AvgIpc) is 3.08. The summed E-state index contributed by atoms with van der Waals surface area (Å²) in [5.74, 6) is 0. The molecule has 0 radical (unpaired) electrons. The second-order valence-electron chi connectivity index (χ2n) is 15.4. The van der Waals surface area contributed by atoms with Crippen LogP contribution in [-0.4, -0.2) is 62.8 Å². The molecular weight excluding hydrogens is 594 g/mol. The Labute approximate surface area is 302 Å². The van der Waals surface area contributed by atoms with Crippen LogP contribution in [0.15, 0.2) is 0 Å². The third kappa shape index (κ3) is 38.6. The van der Waals surface area contributed by atoms with Gasteiger partial charge in [-0.2, -0.15) is 0 Å². The smallest absolute Gasteiger partial charge is 0.108 e. The molecule has 290 valence electrons. The van der Waals surface area contributed by atoms with Crippen molar-refractivity contribution < 1.29 is 19.6 Å². The van der Waals surface area contributed by atoms with E-state index in [2.05, 4.69) is 13.8 Å². The van der Waals surface area contributed by atoms with Crippen LogP contribution in [0.3, 0.4) is 0 Å². The van der Waals surface area contributed by atoms with Gasteiger partial charge in [-0.05, 0) is 26.9 Å². The number of ether oxygens (including phenoxy) is 2. The van der Waals surface area contributed by atoms with Gasteiger partial charge in [0.25, 0.3) is 0 Å². The minimum absolute atomic E-state index is 0.0282. The van der Waals surface area contributed by atoms with Crippen LogP contribution in [0.1, 0.15) is 226 Å². The molecule has 0 aliphatic heterocycles. The summed E-state index contributed by atoms with van der Waals surface area (Å²) in [6.45, 7) is 7.42. The maximum absolute atomic E-state index is 9.45. The first-order valence-corrected chi connectivity index (χ1v) is 21.8. The van der Waals surface area contributed by atoms with E-state index in [0.717, 1.165) is 26.1 Å². The number of rotatable bonds is 42. The highest BCUT2D eigenvalue weighted by Crippen LogP contribution is 2.16. The lowest BCUT2D eigenvalue weighted by Gasteiger charge is -2.24. The second kappa shape index (κ2) is 41.2. The molecule has 0 aromatic heterocycles. The largest absolute Gasteiger partial charge is 0.379 e. The molecule has 0 spiro atoms. The van der Waals surface area contributed by atoms with Crippen molar-refractivity contribution in [2.75, 3.05) is 40.5 Å². The first-order valence-electron chi connectivity index (χ1n) is 21.8. The molecule has 5 nitrogen and oxygen atoms in total. The molecule has 48 heavy (non-hydrogen) atoms. The van der Waals surface area contributed by atoms with Crippen LogP contribution in [0.25, 0.3) is 0 Å². The minimum Gasteiger partial charge on any atom is -0.379 e. The summed E-state index contributed by atoms with van der Waals surface area (Å²) in [6.07, 6.45) is 44.6. The van der Waals surface area contributed by atoms with Crippen molar-refractivity contribution in [1.29, 1.82) is 0 Å². The molecule has 0 aliphatic rings. The van der Waals surface area contributed by atoms with E-state index in [-0.39, 0.29) is 12.2 Å². The number of likely N-dealkylation sites (N-methyl/N-ethyl adjacent to an activating group) is 1. The molecule has 1 N–H and O–H groups in total. The predicted octanol–water partition coefficient (Wildman–Crippen LogP) is 13.7. The van der Waals surface area contributed by atoms with Crippen molar-refractivity contribution in [3.05, 3.63) is 0 Å². The second-order valence-corrected chi connectivity index (χ2v) is 15.4. The number of unbranched alkanes of at least 4 members (excludes halogenated alkanes) is 30. The standard InChI is InChI=1S/C43H89NO4/c1-5-7-9-11-13-15-17-19-21-23-25-27-29-31-33-35-37-46-41-43(39-42(48-45)40-44(3)4)47-38-36-34-32-30-28-26-24-22-20-18-16-14-12-10-8-6-2/h42-43,45H,5-41H2,1-4H3. The normalized spacial score (nSPS) is 13.1. The predicted molar refractivity (Wildman–Crippen MR) is 210 cm³/mol. The van der Waals surface area contributed by atoms with Crippen LogP contribution < -0.4 is 0 Å². The van der Waals surface area contributed by atoms with Crippen LogP contribution in [-0.2, 0) is 14.4 Å². The molecule has 5 heteroatoms. The molecule has 0 rings (SSSR count). The monoisotopic (exact) mass is 684 g/mol. The van der Waals surface area contributed by atoms with Crippen molar-refractivity contribution in [2.24, 2.45) is 0 Å². The maximum atomic E-state index is 9.45. The molecule has 0 aromatic carbocycles. The van der Waals surface area contributed by atoms with Crippen molar-refractivity contribution in [2.45, 2.75) is 238 Å². The first-order chi connectivity index (χ1) is 23.6. The van der Waals surface area contributed by atoms with Gasteiger partial charge >= 0.3 is 0 Å². The molecule has 0 aliphatic carbocycles. The van der Waals surface area contributed by atoms with Gasteiger partial charge in [-0.1, -0.05) is 206 Å². The van der Waals surface area contributed by atoms with Gasteiger partial charge in [-0.3, -0.25) is 5.26 Å². The molecule has 2 unspecified atom stereocenters. The van der Waals surface area contributed by atoms with Crippen LogP contribution in [0.4, 0.5) is 0 Å². The first kappa shape index (κ1) is 47.8. The Morgan fingerprint density at radius 1 is 0.417 bits per heavy atom. The summed E-state index contributed by atoms with van der Waals surface area (Å²) < 4.78 is 12.3. The van der Waals surface area contributed by atoms with Crippen LogP contribution >= 0.6 is 0 Å². The molecule has 0 fully saturated rings. The maximum Gasteiger partial charge on any atom is 0.108 e. The zero-order valence-electron chi connectivity index (χ0n) is 33.4. The third-order valence-electron chi connectivity index (χ3n) is 10.0. The van der Waals surface area contributed by atoms with Gasteiger partial charge in [0.05, 0.1) is 12.7 Å². The molecule has 0 bridgehead atoms. The van der Waals surface area contributed by atoms with Crippen molar-refractivity contribution in [3.8, 4) is 0 Å². The van der Waals surface area contributed by atoms with E-state index >= 15 is 0 Å². The van der Waals surface area contributed by atoms with Crippen LogP contribution in [0, 0.1) is 0 Å². The highest BCUT2D eigenvalue weighted by Gasteiger charge is 2.19. The van der Waals surface area contributed by atoms with E-state index < -0.39 is 0 Å². The van der Waals surface area contributed by atoms with E-state index in [1.807, 2.05) is 19.0 Å². The molecule has 0 aromatic rings. The van der Waals surface area contributed by atoms with Crippen LogP contribution in [0.2, 0.25) is 0 Å². The SMILES string of the molecule is CCCCCCCCCCCCCCCCCCOCC(CC(CN(C)C)OO)OCCCCCCCCCCCCCCCCCC. The fourth-order valence-electron chi connectivity index (χ4n) is 6.90. The third-order valence-corrected chi connectivity index (χ3v) is 10.0.